The quantitative estimate of drug-likeness (QED) is 0.649. The molecule has 0 saturated carbocycles. The Hall–Kier alpha value is -1.32. The molecule has 4 heteroatoms. The third kappa shape index (κ3) is 2.31. The van der Waals surface area contributed by atoms with Gasteiger partial charge in [0, 0.05) is 5.57 Å². The van der Waals surface area contributed by atoms with Crippen molar-refractivity contribution < 1.29 is 19.4 Å². The molecule has 4 nitrogen and oxygen atoms in total. The Balaban J connectivity index is 2.62. The van der Waals surface area contributed by atoms with Gasteiger partial charge in [0.05, 0.1) is 13.0 Å². The molecule has 1 aliphatic carbocycles. The fourth-order valence-electron chi connectivity index (χ4n) is 1.45. The van der Waals surface area contributed by atoms with Crippen molar-refractivity contribution in [3.05, 3.63) is 11.6 Å². The van der Waals surface area contributed by atoms with Gasteiger partial charge in [-0.05, 0) is 19.3 Å². The van der Waals surface area contributed by atoms with Crippen molar-refractivity contribution in [2.75, 3.05) is 7.11 Å². The molecule has 0 aliphatic heterocycles. The Bertz CT molecular complexity index is 254. The monoisotopic (exact) mass is 184 g/mol. The number of methoxy groups -OCH3 is 1. The van der Waals surface area contributed by atoms with Crippen molar-refractivity contribution in [1.29, 1.82) is 0 Å². The summed E-state index contributed by atoms with van der Waals surface area (Å²) < 4.78 is 4.56. The van der Waals surface area contributed by atoms with Crippen molar-refractivity contribution in [3.8, 4) is 0 Å². The summed E-state index contributed by atoms with van der Waals surface area (Å²) in [5, 5.41) is 8.69. The highest BCUT2D eigenvalue weighted by Crippen LogP contribution is 2.24. The zero-order valence-electron chi connectivity index (χ0n) is 7.45. The predicted octanol–water partition coefficient (Wildman–Crippen LogP) is 0.970. The van der Waals surface area contributed by atoms with Crippen molar-refractivity contribution in [2.45, 2.75) is 19.3 Å². The average Bonchev–Trinajstić information content (AvgIpc) is 2.17. The van der Waals surface area contributed by atoms with Crippen LogP contribution in [-0.4, -0.2) is 24.2 Å². The zero-order chi connectivity index (χ0) is 9.84. The minimum absolute atomic E-state index is 0.277. The van der Waals surface area contributed by atoms with Gasteiger partial charge in [-0.15, -0.1) is 0 Å². The molecular formula is C9H12O4. The van der Waals surface area contributed by atoms with E-state index in [1.165, 1.54) is 7.11 Å². The second-order valence-corrected chi connectivity index (χ2v) is 3.04. The van der Waals surface area contributed by atoms with Crippen LogP contribution in [0.25, 0.3) is 0 Å². The first kappa shape index (κ1) is 9.77. The summed E-state index contributed by atoms with van der Waals surface area (Å²) in [5.41, 5.74) is 0.321. The average molecular weight is 184 g/mol. The number of esters is 1. The summed E-state index contributed by atoms with van der Waals surface area (Å²) in [5.74, 6) is -1.53. The molecule has 0 heterocycles. The number of carbonyl (C=O) groups excluding carboxylic acids is 1. The Morgan fingerprint density at radius 2 is 2.31 bits per heavy atom. The van der Waals surface area contributed by atoms with Gasteiger partial charge in [0.25, 0.3) is 0 Å². The van der Waals surface area contributed by atoms with Gasteiger partial charge < -0.3 is 9.84 Å². The van der Waals surface area contributed by atoms with Crippen LogP contribution in [-0.2, 0) is 14.3 Å². The molecule has 0 amide bonds. The number of hydrogen-bond acceptors (Lipinski definition) is 3. The first-order chi connectivity index (χ1) is 6.15. The van der Waals surface area contributed by atoms with E-state index in [-0.39, 0.29) is 11.9 Å². The van der Waals surface area contributed by atoms with Gasteiger partial charge >= 0.3 is 11.9 Å². The summed E-state index contributed by atoms with van der Waals surface area (Å²) in [6.45, 7) is 0. The van der Waals surface area contributed by atoms with E-state index in [1.54, 1.807) is 6.08 Å². The molecule has 0 aromatic carbocycles. The van der Waals surface area contributed by atoms with Gasteiger partial charge in [-0.25, -0.2) is 4.79 Å². The number of ether oxygens (including phenoxy) is 1. The Labute approximate surface area is 76.2 Å². The third-order valence-electron chi connectivity index (χ3n) is 2.18. The lowest BCUT2D eigenvalue weighted by atomic mass is 9.89. The molecular weight excluding hydrogens is 172 g/mol. The molecule has 1 unspecified atom stereocenters. The Morgan fingerprint density at radius 1 is 1.62 bits per heavy atom. The molecule has 1 atom stereocenters. The van der Waals surface area contributed by atoms with Crippen LogP contribution < -0.4 is 0 Å². The lowest BCUT2D eigenvalue weighted by molar-refractivity contribution is -0.145. The largest absolute Gasteiger partial charge is 0.478 e. The maximum atomic E-state index is 11.1. The van der Waals surface area contributed by atoms with Gasteiger partial charge in [-0.3, -0.25) is 4.79 Å². The summed E-state index contributed by atoms with van der Waals surface area (Å²) >= 11 is 0. The number of allylic oxidation sites excluding steroid dienone is 1. The van der Waals surface area contributed by atoms with E-state index in [0.717, 1.165) is 0 Å². The minimum Gasteiger partial charge on any atom is -0.478 e. The van der Waals surface area contributed by atoms with Crippen LogP contribution in [0.15, 0.2) is 11.6 Å². The smallest absolute Gasteiger partial charge is 0.331 e. The normalized spacial score (nSPS) is 21.9. The van der Waals surface area contributed by atoms with Crippen LogP contribution in [0.5, 0.6) is 0 Å². The molecule has 0 saturated heterocycles. The van der Waals surface area contributed by atoms with Crippen molar-refractivity contribution in [1.82, 2.24) is 0 Å². The van der Waals surface area contributed by atoms with Crippen LogP contribution >= 0.6 is 0 Å². The van der Waals surface area contributed by atoms with Crippen LogP contribution in [0.4, 0.5) is 0 Å². The van der Waals surface area contributed by atoms with Gasteiger partial charge in [0.2, 0.25) is 0 Å². The van der Waals surface area contributed by atoms with Crippen LogP contribution in [0.3, 0.4) is 0 Å². The molecule has 1 N–H and O–H groups in total. The highest BCUT2D eigenvalue weighted by Gasteiger charge is 2.25. The summed E-state index contributed by atoms with van der Waals surface area (Å²) in [6, 6.07) is 0. The topological polar surface area (TPSA) is 63.6 Å². The van der Waals surface area contributed by atoms with E-state index < -0.39 is 5.97 Å². The minimum atomic E-state index is -0.936. The van der Waals surface area contributed by atoms with Gasteiger partial charge in [-0.2, -0.15) is 0 Å². The molecule has 1 aliphatic rings. The number of aliphatic carboxylic acids is 1. The van der Waals surface area contributed by atoms with E-state index in [9.17, 15) is 9.59 Å². The van der Waals surface area contributed by atoms with Gasteiger partial charge in [0.15, 0.2) is 0 Å². The maximum absolute atomic E-state index is 11.1. The van der Waals surface area contributed by atoms with Crippen LogP contribution in [0.1, 0.15) is 19.3 Å². The Morgan fingerprint density at radius 3 is 2.85 bits per heavy atom. The first-order valence-corrected chi connectivity index (χ1v) is 4.15. The Kier molecular flexibility index (Phi) is 3.06. The highest BCUT2D eigenvalue weighted by atomic mass is 16.5. The molecule has 0 bridgehead atoms. The van der Waals surface area contributed by atoms with E-state index in [1.807, 2.05) is 0 Å². The van der Waals surface area contributed by atoms with Crippen LogP contribution in [0.2, 0.25) is 0 Å². The standard InChI is InChI=1S/C9H12O4/c1-13-9(12)7-4-2-3-6(5-7)8(10)11/h3,7H,2,4-5H2,1H3,(H,10,11). The SMILES string of the molecule is COC(=O)C1CCC=C(C(=O)O)C1. The molecule has 0 radical (unpaired) electrons. The predicted molar refractivity (Wildman–Crippen MR) is 45.1 cm³/mol. The number of hydrogen-bond donors (Lipinski definition) is 1. The highest BCUT2D eigenvalue weighted by molar-refractivity contribution is 5.88. The zero-order valence-corrected chi connectivity index (χ0v) is 7.45. The number of carbonyl (C=O) groups is 2. The molecule has 0 aromatic rings. The maximum Gasteiger partial charge on any atom is 0.331 e. The summed E-state index contributed by atoms with van der Waals surface area (Å²) in [7, 11) is 1.32. The second-order valence-electron chi connectivity index (χ2n) is 3.04. The first-order valence-electron chi connectivity index (χ1n) is 4.15. The third-order valence-corrected chi connectivity index (χ3v) is 2.18. The number of carboxylic acid groups (broad SMARTS) is 1. The number of carboxylic acids is 1. The lowest BCUT2D eigenvalue weighted by Gasteiger charge is -2.18. The molecule has 13 heavy (non-hydrogen) atoms. The second kappa shape index (κ2) is 4.07. The fraction of sp³-hybridized carbons (Fsp3) is 0.556. The van der Waals surface area contributed by atoms with E-state index >= 15 is 0 Å². The van der Waals surface area contributed by atoms with Crippen molar-refractivity contribution in [2.24, 2.45) is 5.92 Å². The molecule has 72 valence electrons. The van der Waals surface area contributed by atoms with Crippen molar-refractivity contribution >= 4 is 11.9 Å². The van der Waals surface area contributed by atoms with Gasteiger partial charge in [-0.1, -0.05) is 6.08 Å². The van der Waals surface area contributed by atoms with Crippen LogP contribution in [0, 0.1) is 5.92 Å². The fourth-order valence-corrected chi connectivity index (χ4v) is 1.45. The molecule has 1 rings (SSSR count). The molecule has 0 aromatic heterocycles. The summed E-state index contributed by atoms with van der Waals surface area (Å²) in [4.78, 5) is 21.7. The summed E-state index contributed by atoms with van der Waals surface area (Å²) in [6.07, 6.45) is 3.29. The van der Waals surface area contributed by atoms with E-state index in [4.69, 9.17) is 5.11 Å². The molecule has 0 fully saturated rings. The molecule has 0 spiro atoms. The van der Waals surface area contributed by atoms with Gasteiger partial charge in [0.1, 0.15) is 0 Å². The number of rotatable bonds is 2. The van der Waals surface area contributed by atoms with E-state index in [2.05, 4.69) is 4.74 Å². The van der Waals surface area contributed by atoms with Crippen molar-refractivity contribution in [3.63, 3.8) is 0 Å². The van der Waals surface area contributed by atoms with E-state index in [0.29, 0.717) is 24.8 Å². The lowest BCUT2D eigenvalue weighted by Crippen LogP contribution is -2.21.